The Hall–Kier alpha value is -2.59. The zero-order valence-electron chi connectivity index (χ0n) is 10.4. The minimum absolute atomic E-state index is 0.234. The molecule has 8 nitrogen and oxygen atoms in total. The van der Waals surface area contributed by atoms with Gasteiger partial charge in [0.15, 0.2) is 11.5 Å². The highest BCUT2D eigenvalue weighted by Crippen LogP contribution is 2.35. The van der Waals surface area contributed by atoms with Crippen molar-refractivity contribution in [2.75, 3.05) is 0 Å². The summed E-state index contributed by atoms with van der Waals surface area (Å²) >= 11 is 0. The van der Waals surface area contributed by atoms with Crippen LogP contribution in [0.4, 0.5) is 18.0 Å². The fourth-order valence-electron chi connectivity index (χ4n) is 1.68. The summed E-state index contributed by atoms with van der Waals surface area (Å²) in [5.74, 6) is -3.15. The van der Waals surface area contributed by atoms with Gasteiger partial charge in [-0.3, -0.25) is 9.69 Å². The Morgan fingerprint density at radius 3 is 2.57 bits per heavy atom. The smallest absolute Gasteiger partial charge is 0.420 e. The van der Waals surface area contributed by atoms with Crippen LogP contribution < -0.4 is 5.32 Å². The molecule has 1 aliphatic rings. The Bertz CT molecular complexity index is 626. The van der Waals surface area contributed by atoms with E-state index in [1.807, 2.05) is 0 Å². The third-order valence-electron chi connectivity index (χ3n) is 2.93. The molecule has 0 aliphatic carbocycles. The largest absolute Gasteiger partial charge is 0.476 e. The van der Waals surface area contributed by atoms with Gasteiger partial charge < -0.3 is 14.9 Å². The Labute approximate surface area is 114 Å². The number of urea groups is 1. The number of carboxylic acids is 1. The molecule has 2 rings (SSSR count). The number of halogens is 3. The predicted molar refractivity (Wildman–Crippen MR) is 57.0 cm³/mol. The molecule has 2 N–H and O–H groups in total. The normalized spacial score (nSPS) is 22.6. The molecule has 0 bridgehead atoms. The van der Waals surface area contributed by atoms with Crippen molar-refractivity contribution < 1.29 is 37.2 Å². The van der Waals surface area contributed by atoms with Gasteiger partial charge in [0.1, 0.15) is 0 Å². The molecule has 0 saturated carbocycles. The van der Waals surface area contributed by atoms with Gasteiger partial charge in [-0.25, -0.2) is 9.59 Å². The van der Waals surface area contributed by atoms with Crippen LogP contribution in [0.3, 0.4) is 0 Å². The topological polar surface area (TPSA) is 113 Å². The lowest BCUT2D eigenvalue weighted by Gasteiger charge is -2.24. The third-order valence-corrected chi connectivity index (χ3v) is 2.93. The molecule has 11 heteroatoms. The number of nitrogens with zero attached hydrogens (tertiary/aromatic N) is 2. The molecule has 0 radical (unpaired) electrons. The number of alkyl halides is 3. The van der Waals surface area contributed by atoms with Gasteiger partial charge in [0.25, 0.3) is 5.91 Å². The van der Waals surface area contributed by atoms with E-state index >= 15 is 0 Å². The molecule has 2 heterocycles. The van der Waals surface area contributed by atoms with E-state index in [-0.39, 0.29) is 10.7 Å². The number of hydrogen-bond acceptors (Lipinski definition) is 5. The van der Waals surface area contributed by atoms with E-state index in [0.29, 0.717) is 6.92 Å². The van der Waals surface area contributed by atoms with E-state index in [0.717, 1.165) is 6.07 Å². The maximum Gasteiger partial charge on any atom is 0.420 e. The van der Waals surface area contributed by atoms with Crippen LogP contribution in [0.5, 0.6) is 0 Å². The fraction of sp³-hybridized carbons (Fsp3) is 0.400. The first-order chi connectivity index (χ1) is 9.56. The number of aromatic carboxylic acids is 1. The van der Waals surface area contributed by atoms with Crippen molar-refractivity contribution in [3.8, 4) is 0 Å². The number of hydrogen-bond donors (Lipinski definition) is 2. The van der Waals surface area contributed by atoms with Gasteiger partial charge in [0.05, 0.1) is 6.54 Å². The van der Waals surface area contributed by atoms with Crippen LogP contribution in [0.1, 0.15) is 23.2 Å². The van der Waals surface area contributed by atoms with Crippen LogP contribution in [0.25, 0.3) is 0 Å². The molecule has 1 saturated heterocycles. The van der Waals surface area contributed by atoms with Crippen LogP contribution in [0.2, 0.25) is 0 Å². The van der Waals surface area contributed by atoms with Gasteiger partial charge in [-0.15, -0.1) is 0 Å². The van der Waals surface area contributed by atoms with Gasteiger partial charge >= 0.3 is 18.2 Å². The number of carbonyl (C=O) groups is 3. The molecule has 21 heavy (non-hydrogen) atoms. The van der Waals surface area contributed by atoms with Gasteiger partial charge in [-0.1, -0.05) is 5.16 Å². The lowest BCUT2D eigenvalue weighted by Crippen LogP contribution is -2.56. The van der Waals surface area contributed by atoms with Crippen molar-refractivity contribution in [1.29, 1.82) is 0 Å². The molecule has 0 spiro atoms. The number of amides is 3. The number of imide groups is 1. The van der Waals surface area contributed by atoms with E-state index in [2.05, 4.69) is 9.68 Å². The molecule has 114 valence electrons. The summed E-state index contributed by atoms with van der Waals surface area (Å²) in [6.07, 6.45) is -4.97. The highest BCUT2D eigenvalue weighted by molar-refractivity contribution is 6.07. The van der Waals surface area contributed by atoms with Crippen LogP contribution in [-0.2, 0) is 11.3 Å². The van der Waals surface area contributed by atoms with Gasteiger partial charge in [-0.2, -0.15) is 13.2 Å². The summed E-state index contributed by atoms with van der Waals surface area (Å²) in [7, 11) is 0. The number of aromatic nitrogens is 1. The lowest BCUT2D eigenvalue weighted by atomic mass is 10.0. The molecule has 0 aromatic carbocycles. The zero-order chi connectivity index (χ0) is 16.0. The molecule has 1 fully saturated rings. The second kappa shape index (κ2) is 4.46. The molecule has 1 unspecified atom stereocenters. The molecule has 1 aliphatic heterocycles. The van der Waals surface area contributed by atoms with E-state index < -0.39 is 41.9 Å². The summed E-state index contributed by atoms with van der Waals surface area (Å²) in [6.45, 7) is -0.118. The van der Waals surface area contributed by atoms with Crippen molar-refractivity contribution in [1.82, 2.24) is 15.4 Å². The molecule has 3 amide bonds. The first-order valence-electron chi connectivity index (χ1n) is 5.46. The second-order valence-electron chi connectivity index (χ2n) is 4.43. The van der Waals surface area contributed by atoms with Crippen LogP contribution in [0, 0.1) is 0 Å². The van der Waals surface area contributed by atoms with Crippen molar-refractivity contribution in [2.45, 2.75) is 25.2 Å². The molecular formula is C10H8F3N3O5. The SMILES string of the molecule is CC1(C(F)(F)F)NC(=O)N(Cc2cc(C(=O)O)no2)C1=O. The van der Waals surface area contributed by atoms with E-state index in [4.69, 9.17) is 5.11 Å². The van der Waals surface area contributed by atoms with Gasteiger partial charge in [0.2, 0.25) is 5.54 Å². The van der Waals surface area contributed by atoms with Gasteiger partial charge in [-0.05, 0) is 6.92 Å². The van der Waals surface area contributed by atoms with Crippen molar-refractivity contribution in [2.24, 2.45) is 0 Å². The van der Waals surface area contributed by atoms with Crippen LogP contribution >= 0.6 is 0 Å². The van der Waals surface area contributed by atoms with E-state index in [1.165, 1.54) is 0 Å². The Kier molecular flexibility index (Phi) is 3.15. The number of rotatable bonds is 3. The summed E-state index contributed by atoms with van der Waals surface area (Å²) < 4.78 is 43.0. The fourth-order valence-corrected chi connectivity index (χ4v) is 1.68. The third kappa shape index (κ3) is 2.30. The Morgan fingerprint density at radius 1 is 1.52 bits per heavy atom. The quantitative estimate of drug-likeness (QED) is 0.797. The molecule has 1 aromatic heterocycles. The minimum atomic E-state index is -4.97. The molecule has 1 aromatic rings. The van der Waals surface area contributed by atoms with E-state index in [1.54, 1.807) is 5.32 Å². The summed E-state index contributed by atoms with van der Waals surface area (Å²) in [5.41, 5.74) is -3.52. The number of carboxylic acid groups (broad SMARTS) is 1. The Morgan fingerprint density at radius 2 is 2.14 bits per heavy atom. The predicted octanol–water partition coefficient (Wildman–Crippen LogP) is 0.746. The minimum Gasteiger partial charge on any atom is -0.476 e. The number of nitrogens with one attached hydrogen (secondary N) is 1. The highest BCUT2D eigenvalue weighted by atomic mass is 19.4. The average Bonchev–Trinajstić information content (AvgIpc) is 2.89. The first kappa shape index (κ1) is 14.8. The lowest BCUT2D eigenvalue weighted by molar-refractivity contribution is -0.191. The van der Waals surface area contributed by atoms with Crippen molar-refractivity contribution in [3.63, 3.8) is 0 Å². The van der Waals surface area contributed by atoms with Crippen LogP contribution in [0.15, 0.2) is 10.6 Å². The standard InChI is InChI=1S/C10H8F3N3O5/c1-9(10(11,12)13)7(19)16(8(20)14-9)3-4-2-5(6(17)18)15-21-4/h2H,3H2,1H3,(H,14,20)(H,17,18). The maximum atomic E-state index is 12.8. The van der Waals surface area contributed by atoms with Crippen molar-refractivity contribution in [3.05, 3.63) is 17.5 Å². The van der Waals surface area contributed by atoms with Gasteiger partial charge in [0, 0.05) is 6.07 Å². The Balaban J connectivity index is 2.23. The second-order valence-corrected chi connectivity index (χ2v) is 4.43. The summed E-state index contributed by atoms with van der Waals surface area (Å²) in [5, 5.41) is 13.3. The zero-order valence-corrected chi connectivity index (χ0v) is 10.4. The van der Waals surface area contributed by atoms with E-state index in [9.17, 15) is 27.6 Å². The van der Waals surface area contributed by atoms with Crippen LogP contribution in [-0.4, -0.2) is 44.8 Å². The molecule has 1 atom stereocenters. The maximum absolute atomic E-state index is 12.8. The van der Waals surface area contributed by atoms with Crippen molar-refractivity contribution >= 4 is 17.9 Å². The summed E-state index contributed by atoms with van der Waals surface area (Å²) in [4.78, 5) is 34.1. The summed E-state index contributed by atoms with van der Waals surface area (Å²) in [6, 6.07) is -0.348. The number of carbonyl (C=O) groups excluding carboxylic acids is 2. The first-order valence-corrected chi connectivity index (χ1v) is 5.46. The monoisotopic (exact) mass is 307 g/mol. The highest BCUT2D eigenvalue weighted by Gasteiger charge is 2.64. The average molecular weight is 307 g/mol. The molecular weight excluding hydrogens is 299 g/mol.